The zero-order valence-corrected chi connectivity index (χ0v) is 18.6. The molecule has 0 heterocycles. The molecule has 4 N–H and O–H groups in total. The first-order chi connectivity index (χ1) is 14.2. The van der Waals surface area contributed by atoms with Crippen molar-refractivity contribution < 1.29 is 27.0 Å². The Bertz CT molecular complexity index is 926. The summed E-state index contributed by atoms with van der Waals surface area (Å²) in [6.07, 6.45) is 0.935. The van der Waals surface area contributed by atoms with Gasteiger partial charge >= 0.3 is 0 Å². The van der Waals surface area contributed by atoms with E-state index in [0.717, 1.165) is 11.1 Å². The normalized spacial score (nSPS) is 14.4. The zero-order chi connectivity index (χ0) is 22.4. The van der Waals surface area contributed by atoms with E-state index in [1.807, 2.05) is 0 Å². The molecule has 0 aliphatic heterocycles. The summed E-state index contributed by atoms with van der Waals surface area (Å²) in [5, 5.41) is 18.4. The average molecular weight is 457 g/mol. The molecule has 0 aliphatic carbocycles. The fourth-order valence-corrected chi connectivity index (χ4v) is 5.35. The Morgan fingerprint density at radius 3 is 1.20 bits per heavy atom. The van der Waals surface area contributed by atoms with Crippen molar-refractivity contribution in [3.63, 3.8) is 0 Å². The van der Waals surface area contributed by atoms with Gasteiger partial charge in [0, 0.05) is 12.1 Å². The lowest BCUT2D eigenvalue weighted by Gasteiger charge is -2.15. The Labute approximate surface area is 178 Å². The second-order valence-electron chi connectivity index (χ2n) is 6.87. The molecule has 0 fully saturated rings. The third kappa shape index (κ3) is 6.10. The molecule has 0 amide bonds. The number of aliphatic hydroxyl groups is 2. The minimum Gasteiger partial charge on any atom is -0.395 e. The van der Waals surface area contributed by atoms with Gasteiger partial charge in [0.25, 0.3) is 0 Å². The molecule has 2 aromatic rings. The number of benzene rings is 2. The van der Waals surface area contributed by atoms with Gasteiger partial charge in [-0.2, -0.15) is 0 Å². The average Bonchev–Trinajstić information content (AvgIpc) is 2.76. The second kappa shape index (κ2) is 10.5. The smallest absolute Gasteiger partial charge is 0.240 e. The van der Waals surface area contributed by atoms with Gasteiger partial charge in [-0.25, -0.2) is 26.3 Å². The molecule has 2 aromatic carbocycles. The lowest BCUT2D eigenvalue weighted by Crippen LogP contribution is -2.36. The van der Waals surface area contributed by atoms with Gasteiger partial charge in [0.2, 0.25) is 20.0 Å². The monoisotopic (exact) mass is 456 g/mol. The molecule has 0 spiro atoms. The van der Waals surface area contributed by atoms with Crippen molar-refractivity contribution in [2.24, 2.45) is 0 Å². The Kier molecular flexibility index (Phi) is 8.53. The van der Waals surface area contributed by atoms with Crippen LogP contribution in [0.3, 0.4) is 0 Å². The number of nitrogens with one attached hydrogen (secondary N) is 2. The van der Waals surface area contributed by atoms with E-state index in [1.165, 1.54) is 24.3 Å². The highest BCUT2D eigenvalue weighted by Gasteiger charge is 2.20. The van der Waals surface area contributed by atoms with Gasteiger partial charge < -0.3 is 10.2 Å². The van der Waals surface area contributed by atoms with Crippen LogP contribution >= 0.6 is 0 Å². The minimum absolute atomic E-state index is 0.0798. The predicted octanol–water partition coefficient (Wildman–Crippen LogP) is 1.45. The Morgan fingerprint density at radius 2 is 0.967 bits per heavy atom. The summed E-state index contributed by atoms with van der Waals surface area (Å²) in [4.78, 5) is 0.160. The molecule has 2 atom stereocenters. The second-order valence-corrected chi connectivity index (χ2v) is 10.3. The molecule has 2 unspecified atom stereocenters. The van der Waals surface area contributed by atoms with Crippen LogP contribution < -0.4 is 9.44 Å². The summed E-state index contributed by atoms with van der Waals surface area (Å²) in [5.41, 5.74) is 1.45. The number of hydrogen-bond donors (Lipinski definition) is 4. The van der Waals surface area contributed by atoms with Crippen molar-refractivity contribution in [1.29, 1.82) is 0 Å². The molecule has 166 valence electrons. The molecule has 0 aromatic heterocycles. The maximum absolute atomic E-state index is 12.4. The predicted molar refractivity (Wildman–Crippen MR) is 115 cm³/mol. The summed E-state index contributed by atoms with van der Waals surface area (Å²) in [5.74, 6) is 0. The molecular formula is C20H28N2O6S2. The number of rotatable bonds is 11. The summed E-state index contributed by atoms with van der Waals surface area (Å²) < 4.78 is 54.4. The highest BCUT2D eigenvalue weighted by molar-refractivity contribution is 7.89. The third-order valence-corrected chi connectivity index (χ3v) is 7.81. The SMILES string of the molecule is CCC(CO)NS(=O)(=O)c1ccc(-c2ccc(S(=O)(=O)NC(CC)CO)cc2)cc1. The van der Waals surface area contributed by atoms with E-state index >= 15 is 0 Å². The molecule has 0 aliphatic rings. The van der Waals surface area contributed by atoms with Crippen molar-refractivity contribution in [3.05, 3.63) is 48.5 Å². The van der Waals surface area contributed by atoms with Gasteiger partial charge in [0.15, 0.2) is 0 Å². The number of hydrogen-bond acceptors (Lipinski definition) is 6. The summed E-state index contributed by atoms with van der Waals surface area (Å²) in [6, 6.07) is 11.3. The molecule has 0 saturated carbocycles. The van der Waals surface area contributed by atoms with E-state index in [1.54, 1.807) is 38.1 Å². The van der Waals surface area contributed by atoms with Crippen LogP contribution in [0.2, 0.25) is 0 Å². The fraction of sp³-hybridized carbons (Fsp3) is 0.400. The molecule has 2 rings (SSSR count). The maximum atomic E-state index is 12.4. The first kappa shape index (κ1) is 24.4. The first-order valence-corrected chi connectivity index (χ1v) is 12.6. The lowest BCUT2D eigenvalue weighted by atomic mass is 10.1. The van der Waals surface area contributed by atoms with Crippen molar-refractivity contribution >= 4 is 20.0 Å². The van der Waals surface area contributed by atoms with Gasteiger partial charge in [-0.3, -0.25) is 0 Å². The Morgan fingerprint density at radius 1 is 0.667 bits per heavy atom. The van der Waals surface area contributed by atoms with Gasteiger partial charge in [-0.15, -0.1) is 0 Å². The summed E-state index contributed by atoms with van der Waals surface area (Å²) >= 11 is 0. The fourth-order valence-electron chi connectivity index (χ4n) is 2.73. The highest BCUT2D eigenvalue weighted by Crippen LogP contribution is 2.23. The molecule has 30 heavy (non-hydrogen) atoms. The van der Waals surface area contributed by atoms with E-state index < -0.39 is 32.1 Å². The Balaban J connectivity index is 2.20. The van der Waals surface area contributed by atoms with Crippen LogP contribution in [0.1, 0.15) is 26.7 Å². The standard InChI is InChI=1S/C20H28N2O6S2/c1-3-17(13-23)21-29(25,26)19-9-5-15(6-10-19)16-7-11-20(12-8-16)30(27,28)22-18(4-2)14-24/h5-12,17-18,21-24H,3-4,13-14H2,1-2H3. The molecule has 10 heteroatoms. The van der Waals surface area contributed by atoms with Crippen LogP contribution in [0.5, 0.6) is 0 Å². The third-order valence-electron chi connectivity index (χ3n) is 4.73. The van der Waals surface area contributed by atoms with Crippen LogP contribution in [0, 0.1) is 0 Å². The van der Waals surface area contributed by atoms with Gasteiger partial charge in [-0.05, 0) is 48.2 Å². The minimum atomic E-state index is -3.74. The Hall–Kier alpha value is -1.82. The van der Waals surface area contributed by atoms with Gasteiger partial charge in [0.1, 0.15) is 0 Å². The molecule has 0 radical (unpaired) electrons. The molecule has 0 bridgehead atoms. The van der Waals surface area contributed by atoms with E-state index in [-0.39, 0.29) is 23.0 Å². The van der Waals surface area contributed by atoms with Crippen LogP contribution in [0.15, 0.2) is 58.3 Å². The zero-order valence-electron chi connectivity index (χ0n) is 16.9. The molecular weight excluding hydrogens is 428 g/mol. The van der Waals surface area contributed by atoms with Crippen LogP contribution in [-0.2, 0) is 20.0 Å². The topological polar surface area (TPSA) is 133 Å². The van der Waals surface area contributed by atoms with Crippen LogP contribution in [0.25, 0.3) is 11.1 Å². The first-order valence-electron chi connectivity index (χ1n) is 9.63. The highest BCUT2D eigenvalue weighted by atomic mass is 32.2. The number of aliphatic hydroxyl groups excluding tert-OH is 2. The summed E-state index contributed by atoms with van der Waals surface area (Å²) in [7, 11) is -7.49. The number of sulfonamides is 2. The van der Waals surface area contributed by atoms with Gasteiger partial charge in [0.05, 0.1) is 23.0 Å². The van der Waals surface area contributed by atoms with Crippen molar-refractivity contribution in [3.8, 4) is 11.1 Å². The summed E-state index contributed by atoms with van der Waals surface area (Å²) in [6.45, 7) is 2.99. The van der Waals surface area contributed by atoms with Crippen LogP contribution in [0.4, 0.5) is 0 Å². The van der Waals surface area contributed by atoms with E-state index in [2.05, 4.69) is 9.44 Å². The van der Waals surface area contributed by atoms with E-state index in [0.29, 0.717) is 12.8 Å². The van der Waals surface area contributed by atoms with E-state index in [4.69, 9.17) is 0 Å². The van der Waals surface area contributed by atoms with E-state index in [9.17, 15) is 27.0 Å². The quantitative estimate of drug-likeness (QED) is 0.405. The lowest BCUT2D eigenvalue weighted by molar-refractivity contribution is 0.253. The largest absolute Gasteiger partial charge is 0.395 e. The van der Waals surface area contributed by atoms with Crippen LogP contribution in [-0.4, -0.2) is 52.3 Å². The van der Waals surface area contributed by atoms with Crippen molar-refractivity contribution in [2.45, 2.75) is 48.6 Å². The molecule has 8 nitrogen and oxygen atoms in total. The molecule has 0 saturated heterocycles. The van der Waals surface area contributed by atoms with Crippen molar-refractivity contribution in [1.82, 2.24) is 9.44 Å². The maximum Gasteiger partial charge on any atom is 0.240 e. The van der Waals surface area contributed by atoms with Gasteiger partial charge in [-0.1, -0.05) is 38.1 Å². The van der Waals surface area contributed by atoms with Crippen molar-refractivity contribution in [2.75, 3.05) is 13.2 Å².